The summed E-state index contributed by atoms with van der Waals surface area (Å²) in [5, 5.41) is 3.94. The van der Waals surface area contributed by atoms with Crippen molar-refractivity contribution in [3.63, 3.8) is 0 Å². The number of terminal acetylenes is 1. The van der Waals surface area contributed by atoms with Crippen molar-refractivity contribution in [2.45, 2.75) is 25.5 Å². The molecule has 0 heterocycles. The molecule has 2 heteroatoms. The van der Waals surface area contributed by atoms with Crippen LogP contribution in [0.2, 0.25) is 0 Å². The highest BCUT2D eigenvalue weighted by atomic mass is 32.2. The minimum absolute atomic E-state index is 0.696. The van der Waals surface area contributed by atoms with Crippen molar-refractivity contribution in [2.75, 3.05) is 18.8 Å². The minimum atomic E-state index is 0.696. The fourth-order valence-electron chi connectivity index (χ4n) is 0.611. The first-order valence-corrected chi connectivity index (χ1v) is 5.12. The van der Waals surface area contributed by atoms with Crippen LogP contribution in [0.15, 0.2) is 0 Å². The molecule has 0 aromatic heterocycles. The van der Waals surface area contributed by atoms with Crippen LogP contribution in [0.4, 0.5) is 0 Å². The van der Waals surface area contributed by atoms with Crippen LogP contribution in [0.5, 0.6) is 0 Å². The molecule has 0 amide bonds. The summed E-state index contributed by atoms with van der Waals surface area (Å²) in [6.07, 6.45) is 6.33. The van der Waals surface area contributed by atoms with E-state index in [-0.39, 0.29) is 0 Å². The summed E-state index contributed by atoms with van der Waals surface area (Å²) in [7, 11) is 0. The topological polar surface area (TPSA) is 12.0 Å². The molecule has 0 aromatic rings. The van der Waals surface area contributed by atoms with E-state index in [1.807, 2.05) is 11.8 Å². The van der Waals surface area contributed by atoms with Crippen molar-refractivity contribution in [3.05, 3.63) is 0 Å². The van der Waals surface area contributed by atoms with Crippen LogP contribution >= 0.6 is 11.8 Å². The molecule has 0 saturated carbocycles. The fourth-order valence-corrected chi connectivity index (χ4v) is 1.51. The Morgan fingerprint density at radius 1 is 1.64 bits per heavy atom. The van der Waals surface area contributed by atoms with Gasteiger partial charge >= 0.3 is 0 Å². The van der Waals surface area contributed by atoms with E-state index in [2.05, 4.69) is 25.1 Å². The third-order valence-corrected chi connectivity index (χ3v) is 2.83. The quantitative estimate of drug-likeness (QED) is 0.482. The summed E-state index contributed by atoms with van der Waals surface area (Å²) in [5.41, 5.74) is 0. The van der Waals surface area contributed by atoms with E-state index in [4.69, 9.17) is 6.42 Å². The van der Waals surface area contributed by atoms with Gasteiger partial charge in [0.15, 0.2) is 0 Å². The Morgan fingerprint density at radius 3 is 2.91 bits per heavy atom. The highest BCUT2D eigenvalue weighted by Gasteiger charge is 1.96. The van der Waals surface area contributed by atoms with Gasteiger partial charge in [-0.05, 0) is 6.42 Å². The second-order valence-electron chi connectivity index (χ2n) is 2.47. The van der Waals surface area contributed by atoms with Gasteiger partial charge in [-0.1, -0.05) is 19.8 Å². The number of nitrogens with one attached hydrogen (secondary N) is 1. The molecular formula is C9H17NS. The lowest BCUT2D eigenvalue weighted by Crippen LogP contribution is -2.17. The number of rotatable bonds is 6. The lowest BCUT2D eigenvalue weighted by atomic mass is 10.4. The summed E-state index contributed by atoms with van der Waals surface area (Å²) in [5.74, 6) is 3.71. The Morgan fingerprint density at radius 2 is 2.36 bits per heavy atom. The summed E-state index contributed by atoms with van der Waals surface area (Å²) >= 11 is 2.00. The van der Waals surface area contributed by atoms with Gasteiger partial charge in [0.1, 0.15) is 0 Å². The molecule has 0 bridgehead atoms. The van der Waals surface area contributed by atoms with E-state index < -0.39 is 0 Å². The van der Waals surface area contributed by atoms with Gasteiger partial charge in [-0.15, -0.1) is 6.42 Å². The van der Waals surface area contributed by atoms with Crippen LogP contribution in [-0.2, 0) is 0 Å². The van der Waals surface area contributed by atoms with E-state index in [0.717, 1.165) is 17.5 Å². The van der Waals surface area contributed by atoms with E-state index in [1.165, 1.54) is 6.42 Å². The van der Waals surface area contributed by atoms with E-state index >= 15 is 0 Å². The Labute approximate surface area is 74.3 Å². The molecule has 0 rings (SSSR count). The van der Waals surface area contributed by atoms with Gasteiger partial charge in [-0.2, -0.15) is 11.8 Å². The first-order valence-electron chi connectivity index (χ1n) is 4.07. The molecule has 1 nitrogen and oxygen atoms in total. The van der Waals surface area contributed by atoms with Crippen LogP contribution in [-0.4, -0.2) is 24.1 Å². The zero-order chi connectivity index (χ0) is 8.53. The summed E-state index contributed by atoms with van der Waals surface area (Å²) in [4.78, 5) is 0. The highest BCUT2D eigenvalue weighted by molar-refractivity contribution is 7.99. The summed E-state index contributed by atoms with van der Waals surface area (Å²) < 4.78 is 0. The maximum atomic E-state index is 5.08. The van der Waals surface area contributed by atoms with Crippen molar-refractivity contribution in [1.29, 1.82) is 0 Å². The molecule has 0 aromatic carbocycles. The molecule has 1 N–H and O–H groups in total. The SMILES string of the molecule is C#CCNCCSC(C)CC. The Bertz CT molecular complexity index is 117. The molecule has 1 unspecified atom stereocenters. The normalized spacial score (nSPS) is 12.5. The van der Waals surface area contributed by atoms with Crippen molar-refractivity contribution in [3.8, 4) is 12.3 Å². The molecule has 0 fully saturated rings. The molecule has 0 aliphatic heterocycles. The molecule has 0 saturated heterocycles. The second kappa shape index (κ2) is 7.97. The van der Waals surface area contributed by atoms with Crippen LogP contribution < -0.4 is 5.32 Å². The molecule has 0 aliphatic rings. The number of thioether (sulfide) groups is 1. The van der Waals surface area contributed by atoms with E-state index in [0.29, 0.717) is 6.54 Å². The highest BCUT2D eigenvalue weighted by Crippen LogP contribution is 2.11. The van der Waals surface area contributed by atoms with E-state index in [9.17, 15) is 0 Å². The first kappa shape index (κ1) is 10.9. The van der Waals surface area contributed by atoms with Crippen LogP contribution in [0, 0.1) is 12.3 Å². The maximum absolute atomic E-state index is 5.08. The Hall–Kier alpha value is -0.130. The van der Waals surface area contributed by atoms with Gasteiger partial charge in [0.05, 0.1) is 6.54 Å². The van der Waals surface area contributed by atoms with Crippen LogP contribution in [0.3, 0.4) is 0 Å². The first-order chi connectivity index (χ1) is 5.31. The average Bonchev–Trinajstić information content (AvgIpc) is 2.04. The fraction of sp³-hybridized carbons (Fsp3) is 0.778. The van der Waals surface area contributed by atoms with Crippen molar-refractivity contribution in [2.24, 2.45) is 0 Å². The van der Waals surface area contributed by atoms with Crippen LogP contribution in [0.1, 0.15) is 20.3 Å². The third-order valence-electron chi connectivity index (χ3n) is 1.48. The molecule has 1 atom stereocenters. The van der Waals surface area contributed by atoms with Gasteiger partial charge in [0.2, 0.25) is 0 Å². The zero-order valence-corrected chi connectivity index (χ0v) is 8.21. The number of hydrogen-bond donors (Lipinski definition) is 1. The molecule has 0 aliphatic carbocycles. The molecule has 64 valence electrons. The van der Waals surface area contributed by atoms with Gasteiger partial charge in [0.25, 0.3) is 0 Å². The predicted molar refractivity (Wildman–Crippen MR) is 53.9 cm³/mol. The van der Waals surface area contributed by atoms with Gasteiger partial charge in [-0.3, -0.25) is 0 Å². The standard InChI is InChI=1S/C9H17NS/c1-4-6-10-7-8-11-9(3)5-2/h1,9-10H,5-8H2,2-3H3. The zero-order valence-electron chi connectivity index (χ0n) is 7.39. The van der Waals surface area contributed by atoms with Gasteiger partial charge < -0.3 is 5.32 Å². The average molecular weight is 171 g/mol. The van der Waals surface area contributed by atoms with Crippen molar-refractivity contribution in [1.82, 2.24) is 5.32 Å². The predicted octanol–water partition coefficient (Wildman–Crippen LogP) is 1.74. The smallest absolute Gasteiger partial charge is 0.0574 e. The molecular weight excluding hydrogens is 154 g/mol. The number of hydrogen-bond acceptors (Lipinski definition) is 2. The molecule has 0 spiro atoms. The van der Waals surface area contributed by atoms with Crippen molar-refractivity contribution < 1.29 is 0 Å². The maximum Gasteiger partial charge on any atom is 0.0574 e. The summed E-state index contributed by atoms with van der Waals surface area (Å²) in [6, 6.07) is 0. The van der Waals surface area contributed by atoms with Crippen LogP contribution in [0.25, 0.3) is 0 Å². The summed E-state index contributed by atoms with van der Waals surface area (Å²) in [6.45, 7) is 6.19. The van der Waals surface area contributed by atoms with Gasteiger partial charge in [-0.25, -0.2) is 0 Å². The lowest BCUT2D eigenvalue weighted by Gasteiger charge is -2.07. The minimum Gasteiger partial charge on any atom is -0.305 e. The molecule has 0 radical (unpaired) electrons. The largest absolute Gasteiger partial charge is 0.305 e. The van der Waals surface area contributed by atoms with Crippen molar-refractivity contribution >= 4 is 11.8 Å². The Kier molecular flexibility index (Phi) is 7.88. The lowest BCUT2D eigenvalue weighted by molar-refractivity contribution is 0.813. The Balaban J connectivity index is 2.97. The van der Waals surface area contributed by atoms with Gasteiger partial charge in [0, 0.05) is 17.5 Å². The monoisotopic (exact) mass is 171 g/mol. The molecule has 11 heavy (non-hydrogen) atoms. The second-order valence-corrected chi connectivity index (χ2v) is 4.02. The van der Waals surface area contributed by atoms with E-state index in [1.54, 1.807) is 0 Å². The third kappa shape index (κ3) is 7.77.